The predicted octanol–water partition coefficient (Wildman–Crippen LogP) is 1.67. The summed E-state index contributed by atoms with van der Waals surface area (Å²) in [5.74, 6) is 0.576. The van der Waals surface area contributed by atoms with E-state index in [1.54, 1.807) is 6.33 Å². The SMILES string of the molecule is O=C(O)CCn1cnc2cc3c(cc21)OCCCO3. The van der Waals surface area contributed by atoms with Crippen molar-refractivity contribution in [2.24, 2.45) is 0 Å². The number of rotatable bonds is 3. The number of carboxylic acids is 1. The summed E-state index contributed by atoms with van der Waals surface area (Å²) in [7, 11) is 0. The number of fused-ring (bicyclic) bond motifs is 2. The lowest BCUT2D eigenvalue weighted by atomic mass is 10.2. The van der Waals surface area contributed by atoms with Crippen molar-refractivity contribution in [2.75, 3.05) is 13.2 Å². The molecule has 100 valence electrons. The molecule has 0 aliphatic carbocycles. The molecule has 2 aromatic rings. The number of hydrogen-bond donors (Lipinski definition) is 1. The third-order valence-corrected chi connectivity index (χ3v) is 3.06. The van der Waals surface area contributed by atoms with Crippen molar-refractivity contribution in [1.82, 2.24) is 9.55 Å². The number of nitrogens with zero attached hydrogens (tertiary/aromatic N) is 2. The molecule has 0 spiro atoms. The summed E-state index contributed by atoms with van der Waals surface area (Å²) in [5.41, 5.74) is 1.65. The molecule has 19 heavy (non-hydrogen) atoms. The molecule has 0 bridgehead atoms. The number of carbonyl (C=O) groups is 1. The van der Waals surface area contributed by atoms with Crippen molar-refractivity contribution in [3.8, 4) is 11.5 Å². The Morgan fingerprint density at radius 1 is 1.32 bits per heavy atom. The van der Waals surface area contributed by atoms with Crippen molar-refractivity contribution in [2.45, 2.75) is 19.4 Å². The van der Waals surface area contributed by atoms with Gasteiger partial charge in [0.15, 0.2) is 11.5 Å². The minimum atomic E-state index is -0.823. The molecule has 2 heterocycles. The number of imidazole rings is 1. The van der Waals surface area contributed by atoms with E-state index < -0.39 is 5.97 Å². The third kappa shape index (κ3) is 2.33. The molecule has 1 aliphatic rings. The minimum absolute atomic E-state index is 0.0693. The Morgan fingerprint density at radius 3 is 2.79 bits per heavy atom. The molecule has 0 amide bonds. The van der Waals surface area contributed by atoms with E-state index in [9.17, 15) is 4.79 Å². The number of aryl methyl sites for hydroxylation is 1. The van der Waals surface area contributed by atoms with E-state index in [0.717, 1.165) is 17.5 Å². The lowest BCUT2D eigenvalue weighted by Crippen LogP contribution is -2.03. The molecule has 0 fully saturated rings. The second-order valence-corrected chi connectivity index (χ2v) is 4.42. The van der Waals surface area contributed by atoms with Crippen LogP contribution in [0.15, 0.2) is 18.5 Å². The summed E-state index contributed by atoms with van der Waals surface area (Å²) in [6.07, 6.45) is 2.57. The highest BCUT2D eigenvalue weighted by Gasteiger charge is 2.14. The zero-order chi connectivity index (χ0) is 13.2. The van der Waals surface area contributed by atoms with Crippen LogP contribution in [0.2, 0.25) is 0 Å². The van der Waals surface area contributed by atoms with Crippen molar-refractivity contribution in [3.05, 3.63) is 18.5 Å². The molecular formula is C13H14N2O4. The van der Waals surface area contributed by atoms with Crippen LogP contribution in [0.5, 0.6) is 11.5 Å². The highest BCUT2D eigenvalue weighted by Crippen LogP contribution is 2.33. The van der Waals surface area contributed by atoms with Crippen LogP contribution in [-0.2, 0) is 11.3 Å². The first-order chi connectivity index (χ1) is 9.24. The zero-order valence-corrected chi connectivity index (χ0v) is 10.3. The number of hydrogen-bond acceptors (Lipinski definition) is 4. The maximum Gasteiger partial charge on any atom is 0.305 e. The smallest absolute Gasteiger partial charge is 0.305 e. The first kappa shape index (κ1) is 11.8. The van der Waals surface area contributed by atoms with Crippen molar-refractivity contribution in [3.63, 3.8) is 0 Å². The molecule has 6 heteroatoms. The van der Waals surface area contributed by atoms with Gasteiger partial charge in [-0.05, 0) is 0 Å². The van der Waals surface area contributed by atoms with Crippen LogP contribution in [0, 0.1) is 0 Å². The Balaban J connectivity index is 1.98. The highest BCUT2D eigenvalue weighted by atomic mass is 16.5. The van der Waals surface area contributed by atoms with E-state index in [1.807, 2.05) is 16.7 Å². The fourth-order valence-corrected chi connectivity index (χ4v) is 2.11. The summed E-state index contributed by atoms with van der Waals surface area (Å²) in [6, 6.07) is 3.71. The van der Waals surface area contributed by atoms with Gasteiger partial charge in [-0.25, -0.2) is 4.98 Å². The van der Waals surface area contributed by atoms with Crippen LogP contribution in [0.4, 0.5) is 0 Å². The molecule has 1 aromatic heterocycles. The average molecular weight is 262 g/mol. The van der Waals surface area contributed by atoms with Gasteiger partial charge in [0, 0.05) is 25.1 Å². The van der Waals surface area contributed by atoms with Gasteiger partial charge in [-0.1, -0.05) is 0 Å². The van der Waals surface area contributed by atoms with Crippen molar-refractivity contribution >= 4 is 17.0 Å². The topological polar surface area (TPSA) is 73.6 Å². The van der Waals surface area contributed by atoms with Crippen molar-refractivity contribution < 1.29 is 19.4 Å². The van der Waals surface area contributed by atoms with E-state index in [0.29, 0.717) is 31.3 Å². The maximum atomic E-state index is 10.6. The van der Waals surface area contributed by atoms with Gasteiger partial charge in [0.1, 0.15) is 0 Å². The first-order valence-electron chi connectivity index (χ1n) is 6.20. The third-order valence-electron chi connectivity index (χ3n) is 3.06. The van der Waals surface area contributed by atoms with Gasteiger partial charge >= 0.3 is 5.97 Å². The predicted molar refractivity (Wildman–Crippen MR) is 67.6 cm³/mol. The Morgan fingerprint density at radius 2 is 2.05 bits per heavy atom. The van der Waals surface area contributed by atoms with Gasteiger partial charge < -0.3 is 19.1 Å². The molecule has 3 rings (SSSR count). The fraction of sp³-hybridized carbons (Fsp3) is 0.385. The molecule has 0 atom stereocenters. The number of aromatic nitrogens is 2. The van der Waals surface area contributed by atoms with E-state index >= 15 is 0 Å². The van der Waals surface area contributed by atoms with Crippen LogP contribution >= 0.6 is 0 Å². The van der Waals surface area contributed by atoms with Gasteiger partial charge in [-0.3, -0.25) is 4.79 Å². The van der Waals surface area contributed by atoms with E-state index in [1.165, 1.54) is 0 Å². The number of benzene rings is 1. The van der Waals surface area contributed by atoms with Gasteiger partial charge in [0.25, 0.3) is 0 Å². The Bertz CT molecular complexity index is 620. The lowest BCUT2D eigenvalue weighted by Gasteiger charge is -2.08. The maximum absolute atomic E-state index is 10.6. The molecule has 6 nitrogen and oxygen atoms in total. The zero-order valence-electron chi connectivity index (χ0n) is 10.3. The molecule has 0 radical (unpaired) electrons. The normalized spacial score (nSPS) is 14.3. The molecule has 0 unspecified atom stereocenters. The minimum Gasteiger partial charge on any atom is -0.489 e. The van der Waals surface area contributed by atoms with E-state index in [4.69, 9.17) is 14.6 Å². The van der Waals surface area contributed by atoms with E-state index in [2.05, 4.69) is 4.98 Å². The van der Waals surface area contributed by atoms with Crippen LogP contribution < -0.4 is 9.47 Å². The fourth-order valence-electron chi connectivity index (χ4n) is 2.11. The summed E-state index contributed by atoms with van der Waals surface area (Å²) in [6.45, 7) is 1.66. The number of aliphatic carboxylic acids is 1. The Hall–Kier alpha value is -2.24. The van der Waals surface area contributed by atoms with Crippen molar-refractivity contribution in [1.29, 1.82) is 0 Å². The molecule has 0 saturated heterocycles. The summed E-state index contributed by atoms with van der Waals surface area (Å²) < 4.78 is 13.0. The van der Waals surface area contributed by atoms with Gasteiger partial charge in [0.05, 0.1) is 37.0 Å². The highest BCUT2D eigenvalue weighted by molar-refractivity contribution is 5.80. The molecule has 1 aliphatic heterocycles. The second-order valence-electron chi connectivity index (χ2n) is 4.42. The molecule has 1 N–H and O–H groups in total. The number of carboxylic acid groups (broad SMARTS) is 1. The molecule has 0 saturated carbocycles. The summed E-state index contributed by atoms with van der Waals surface area (Å²) in [5, 5.41) is 8.74. The summed E-state index contributed by atoms with van der Waals surface area (Å²) >= 11 is 0. The van der Waals surface area contributed by atoms with Gasteiger partial charge in [-0.15, -0.1) is 0 Å². The van der Waals surface area contributed by atoms with Crippen LogP contribution in [-0.4, -0.2) is 33.8 Å². The van der Waals surface area contributed by atoms with Gasteiger partial charge in [0.2, 0.25) is 0 Å². The number of ether oxygens (including phenoxy) is 2. The quantitative estimate of drug-likeness (QED) is 0.910. The van der Waals surface area contributed by atoms with Crippen LogP contribution in [0.3, 0.4) is 0 Å². The second kappa shape index (κ2) is 4.79. The largest absolute Gasteiger partial charge is 0.489 e. The van der Waals surface area contributed by atoms with Crippen LogP contribution in [0.1, 0.15) is 12.8 Å². The van der Waals surface area contributed by atoms with E-state index in [-0.39, 0.29) is 6.42 Å². The van der Waals surface area contributed by atoms with Crippen LogP contribution in [0.25, 0.3) is 11.0 Å². The molecule has 1 aromatic carbocycles. The Labute approximate surface area is 109 Å². The Kier molecular flexibility index (Phi) is 2.98. The monoisotopic (exact) mass is 262 g/mol. The molecular weight excluding hydrogens is 248 g/mol. The first-order valence-corrected chi connectivity index (χ1v) is 6.20. The van der Waals surface area contributed by atoms with Gasteiger partial charge in [-0.2, -0.15) is 0 Å². The summed E-state index contributed by atoms with van der Waals surface area (Å²) in [4.78, 5) is 14.9. The standard InChI is InChI=1S/C13H14N2O4/c16-13(17)2-3-15-8-14-9-6-11-12(7-10(9)15)19-5-1-4-18-11/h6-8H,1-5H2,(H,16,17). The lowest BCUT2D eigenvalue weighted by molar-refractivity contribution is -0.137. The average Bonchev–Trinajstić information content (AvgIpc) is 2.62.